The Labute approximate surface area is 295 Å². The fraction of sp³-hybridized carbons (Fsp3) is 0.0612. The molecule has 8 aromatic carbocycles. The maximum Gasteiger partial charge on any atom is 0.0972 e. The average molecular weight is 649 g/mol. The molecule has 2 nitrogen and oxygen atoms in total. The van der Waals surface area contributed by atoms with Crippen molar-refractivity contribution in [2.45, 2.75) is 19.3 Å². The SMILES string of the molecule is CC1(C)c2cc(-c3ccc4ccc5ccc(-c6ccccc6)nc5c4n3)c3ccccc3c2-c2c1ccc1c3ccccc3c3ccccc3c21. The third kappa shape index (κ3) is 3.93. The van der Waals surface area contributed by atoms with E-state index in [0.29, 0.717) is 0 Å². The van der Waals surface area contributed by atoms with Crippen molar-refractivity contribution in [1.29, 1.82) is 0 Å². The first-order chi connectivity index (χ1) is 25.1. The van der Waals surface area contributed by atoms with Gasteiger partial charge in [0.15, 0.2) is 0 Å². The highest BCUT2D eigenvalue weighted by molar-refractivity contribution is 6.30. The van der Waals surface area contributed by atoms with Crippen molar-refractivity contribution in [2.75, 3.05) is 0 Å². The summed E-state index contributed by atoms with van der Waals surface area (Å²) >= 11 is 0. The Morgan fingerprint density at radius 1 is 0.392 bits per heavy atom. The molecule has 0 amide bonds. The highest BCUT2D eigenvalue weighted by Crippen LogP contribution is 2.56. The van der Waals surface area contributed by atoms with Gasteiger partial charge >= 0.3 is 0 Å². The number of pyridine rings is 2. The third-order valence-corrected chi connectivity index (χ3v) is 11.4. The van der Waals surface area contributed by atoms with Gasteiger partial charge in [-0.1, -0.05) is 153 Å². The van der Waals surface area contributed by atoms with Gasteiger partial charge < -0.3 is 0 Å². The molecule has 2 heterocycles. The maximum atomic E-state index is 5.44. The van der Waals surface area contributed by atoms with Crippen LogP contribution in [0.1, 0.15) is 25.0 Å². The minimum atomic E-state index is -0.208. The summed E-state index contributed by atoms with van der Waals surface area (Å²) in [5.41, 5.74) is 11.3. The van der Waals surface area contributed by atoms with Gasteiger partial charge in [0.25, 0.3) is 0 Å². The number of fused-ring (bicyclic) bond motifs is 15. The summed E-state index contributed by atoms with van der Waals surface area (Å²) in [6, 6.07) is 57.3. The maximum absolute atomic E-state index is 5.44. The quantitative estimate of drug-likeness (QED) is 0.174. The fourth-order valence-electron chi connectivity index (χ4n) is 8.96. The van der Waals surface area contributed by atoms with E-state index < -0.39 is 0 Å². The topological polar surface area (TPSA) is 25.8 Å². The third-order valence-electron chi connectivity index (χ3n) is 11.4. The minimum Gasteiger partial charge on any atom is -0.245 e. The summed E-state index contributed by atoms with van der Waals surface area (Å²) in [5, 5.41) is 12.5. The Morgan fingerprint density at radius 3 is 1.59 bits per heavy atom. The Balaban J connectivity index is 1.21. The zero-order chi connectivity index (χ0) is 33.8. The summed E-state index contributed by atoms with van der Waals surface area (Å²) in [4.78, 5) is 10.6. The second-order valence-corrected chi connectivity index (χ2v) is 14.5. The van der Waals surface area contributed by atoms with E-state index in [4.69, 9.17) is 9.97 Å². The van der Waals surface area contributed by atoms with Crippen LogP contribution in [0.4, 0.5) is 0 Å². The van der Waals surface area contributed by atoms with Crippen LogP contribution in [0.25, 0.3) is 98.5 Å². The zero-order valence-corrected chi connectivity index (χ0v) is 28.4. The molecular formula is C49H32N2. The lowest BCUT2D eigenvalue weighted by atomic mass is 9.80. The van der Waals surface area contributed by atoms with Crippen LogP contribution in [0, 0.1) is 0 Å². The van der Waals surface area contributed by atoms with Gasteiger partial charge in [-0.2, -0.15) is 0 Å². The molecular weight excluding hydrogens is 617 g/mol. The Morgan fingerprint density at radius 2 is 0.902 bits per heavy atom. The van der Waals surface area contributed by atoms with Crippen LogP contribution in [0.2, 0.25) is 0 Å². The van der Waals surface area contributed by atoms with Crippen molar-refractivity contribution in [3.8, 4) is 33.6 Å². The number of nitrogens with zero attached hydrogens (tertiary/aromatic N) is 2. The van der Waals surface area contributed by atoms with E-state index in [2.05, 4.69) is 166 Å². The number of hydrogen-bond acceptors (Lipinski definition) is 2. The smallest absolute Gasteiger partial charge is 0.0972 e. The van der Waals surface area contributed by atoms with Crippen molar-refractivity contribution in [1.82, 2.24) is 9.97 Å². The van der Waals surface area contributed by atoms with Crippen LogP contribution in [0.5, 0.6) is 0 Å². The molecule has 2 aromatic heterocycles. The molecule has 0 radical (unpaired) electrons. The van der Waals surface area contributed by atoms with Crippen molar-refractivity contribution in [3.63, 3.8) is 0 Å². The Hall–Kier alpha value is -6.38. The molecule has 0 bridgehead atoms. The van der Waals surface area contributed by atoms with Gasteiger partial charge in [-0.3, -0.25) is 0 Å². The number of hydrogen-bond donors (Lipinski definition) is 0. The summed E-state index contributed by atoms with van der Waals surface area (Å²) < 4.78 is 0. The standard InChI is InChI=1S/C49H32N2/c1-49(2)40-25-24-38-34-16-7-6-14-32(34)33-15-8-10-18-36(33)44(38)46(40)45-37-19-11-9-17-35(37)39(28-41(45)49)43-27-23-31-21-20-30-22-26-42(29-12-4-3-5-13-29)50-47(30)48(31)51-43/h3-28H,1-2H3. The first-order valence-electron chi connectivity index (χ1n) is 17.8. The van der Waals surface area contributed by atoms with E-state index in [9.17, 15) is 0 Å². The van der Waals surface area contributed by atoms with Crippen molar-refractivity contribution in [2.24, 2.45) is 0 Å². The highest BCUT2D eigenvalue weighted by Gasteiger charge is 2.39. The summed E-state index contributed by atoms with van der Waals surface area (Å²) in [6.45, 7) is 4.78. The number of aromatic nitrogens is 2. The molecule has 11 rings (SSSR count). The predicted octanol–water partition coefficient (Wildman–Crippen LogP) is 13.0. The van der Waals surface area contributed by atoms with Gasteiger partial charge in [0.2, 0.25) is 0 Å². The van der Waals surface area contributed by atoms with Gasteiger partial charge in [0.05, 0.1) is 22.4 Å². The molecule has 51 heavy (non-hydrogen) atoms. The second kappa shape index (κ2) is 10.3. The molecule has 0 spiro atoms. The molecule has 0 aliphatic heterocycles. The van der Waals surface area contributed by atoms with Gasteiger partial charge in [-0.05, 0) is 83.5 Å². The molecule has 0 saturated heterocycles. The molecule has 238 valence electrons. The average Bonchev–Trinajstić information content (AvgIpc) is 3.43. The first kappa shape index (κ1) is 28.5. The van der Waals surface area contributed by atoms with Crippen LogP contribution < -0.4 is 0 Å². The zero-order valence-electron chi connectivity index (χ0n) is 28.4. The molecule has 1 aliphatic carbocycles. The molecule has 0 N–H and O–H groups in total. The van der Waals surface area contributed by atoms with E-state index in [1.807, 2.05) is 6.07 Å². The lowest BCUT2D eigenvalue weighted by Crippen LogP contribution is -2.15. The summed E-state index contributed by atoms with van der Waals surface area (Å²) in [7, 11) is 0. The van der Waals surface area contributed by atoms with Gasteiger partial charge in [-0.15, -0.1) is 0 Å². The van der Waals surface area contributed by atoms with E-state index in [0.717, 1.165) is 44.3 Å². The van der Waals surface area contributed by atoms with Crippen molar-refractivity contribution in [3.05, 3.63) is 169 Å². The summed E-state index contributed by atoms with van der Waals surface area (Å²) in [6.07, 6.45) is 0. The van der Waals surface area contributed by atoms with Crippen LogP contribution in [-0.2, 0) is 5.41 Å². The first-order valence-corrected chi connectivity index (χ1v) is 17.8. The van der Waals surface area contributed by atoms with Crippen molar-refractivity contribution < 1.29 is 0 Å². The van der Waals surface area contributed by atoms with E-state index in [-0.39, 0.29) is 5.41 Å². The van der Waals surface area contributed by atoms with Gasteiger partial charge in [0, 0.05) is 27.3 Å². The predicted molar refractivity (Wildman–Crippen MR) is 216 cm³/mol. The largest absolute Gasteiger partial charge is 0.245 e. The Bertz CT molecular complexity index is 3060. The van der Waals surface area contributed by atoms with Crippen LogP contribution in [-0.4, -0.2) is 9.97 Å². The lowest BCUT2D eigenvalue weighted by Gasteiger charge is -2.23. The fourth-order valence-corrected chi connectivity index (χ4v) is 8.96. The van der Waals surface area contributed by atoms with Gasteiger partial charge in [0.1, 0.15) is 0 Å². The number of benzene rings is 8. The number of rotatable bonds is 2. The molecule has 2 heteroatoms. The van der Waals surface area contributed by atoms with Crippen molar-refractivity contribution >= 4 is 64.9 Å². The molecule has 0 fully saturated rings. The Kier molecular flexibility index (Phi) is 5.76. The van der Waals surface area contributed by atoms with Gasteiger partial charge in [-0.25, -0.2) is 9.97 Å². The highest BCUT2D eigenvalue weighted by atomic mass is 14.8. The molecule has 1 aliphatic rings. The lowest BCUT2D eigenvalue weighted by molar-refractivity contribution is 0.661. The molecule has 0 atom stereocenters. The molecule has 0 saturated carbocycles. The molecule has 0 unspecified atom stereocenters. The van der Waals surface area contributed by atoms with Crippen LogP contribution in [0.3, 0.4) is 0 Å². The second-order valence-electron chi connectivity index (χ2n) is 14.5. The van der Waals surface area contributed by atoms with E-state index in [1.165, 1.54) is 65.3 Å². The summed E-state index contributed by atoms with van der Waals surface area (Å²) in [5.74, 6) is 0. The van der Waals surface area contributed by atoms with Crippen LogP contribution >= 0.6 is 0 Å². The monoisotopic (exact) mass is 648 g/mol. The normalized spacial score (nSPS) is 13.5. The van der Waals surface area contributed by atoms with E-state index >= 15 is 0 Å². The van der Waals surface area contributed by atoms with Crippen LogP contribution in [0.15, 0.2) is 158 Å². The molecule has 10 aromatic rings. The minimum absolute atomic E-state index is 0.208. The van der Waals surface area contributed by atoms with E-state index in [1.54, 1.807) is 0 Å².